The van der Waals surface area contributed by atoms with Gasteiger partial charge in [-0.05, 0) is 44.2 Å². The van der Waals surface area contributed by atoms with Gasteiger partial charge in [0.15, 0.2) is 0 Å². The highest BCUT2D eigenvalue weighted by Crippen LogP contribution is 2.22. The molecule has 1 N–H and O–H groups in total. The minimum Gasteiger partial charge on any atom is -0.466 e. The fraction of sp³-hybridized carbons (Fsp3) is 0.933. The number of hydrogen-bond donors (Lipinski definition) is 1. The van der Waals surface area contributed by atoms with E-state index in [1.165, 1.54) is 32.1 Å². The summed E-state index contributed by atoms with van der Waals surface area (Å²) in [5, 5.41) is 3.40. The van der Waals surface area contributed by atoms with Crippen LogP contribution in [0.25, 0.3) is 0 Å². The summed E-state index contributed by atoms with van der Waals surface area (Å²) in [5.41, 5.74) is 0. The molecule has 1 aliphatic rings. The van der Waals surface area contributed by atoms with Gasteiger partial charge >= 0.3 is 5.97 Å². The van der Waals surface area contributed by atoms with Crippen LogP contribution in [0.15, 0.2) is 0 Å². The first-order valence-electron chi connectivity index (χ1n) is 7.60. The van der Waals surface area contributed by atoms with Crippen molar-refractivity contribution in [2.24, 2.45) is 11.8 Å². The lowest BCUT2D eigenvalue weighted by molar-refractivity contribution is -0.145. The number of esters is 1. The van der Waals surface area contributed by atoms with E-state index in [4.69, 9.17) is 4.74 Å². The highest BCUT2D eigenvalue weighted by atomic mass is 16.5. The topological polar surface area (TPSA) is 38.3 Å². The Hall–Kier alpha value is -0.570. The first-order chi connectivity index (χ1) is 8.74. The second kappa shape index (κ2) is 9.37. The van der Waals surface area contributed by atoms with Crippen molar-refractivity contribution < 1.29 is 9.53 Å². The quantitative estimate of drug-likeness (QED) is 0.535. The highest BCUT2D eigenvalue weighted by Gasteiger charge is 2.22. The molecule has 1 fully saturated rings. The number of carbonyl (C=O) groups is 1. The molecule has 18 heavy (non-hydrogen) atoms. The van der Waals surface area contributed by atoms with Crippen molar-refractivity contribution in [2.75, 3.05) is 19.7 Å². The third-order valence-corrected chi connectivity index (χ3v) is 3.89. The van der Waals surface area contributed by atoms with Gasteiger partial charge in [-0.1, -0.05) is 33.1 Å². The molecule has 1 heterocycles. The summed E-state index contributed by atoms with van der Waals surface area (Å²) >= 11 is 0. The molecule has 2 unspecified atom stereocenters. The molecule has 0 radical (unpaired) electrons. The van der Waals surface area contributed by atoms with Gasteiger partial charge in [0.25, 0.3) is 0 Å². The van der Waals surface area contributed by atoms with Gasteiger partial charge in [0.2, 0.25) is 0 Å². The highest BCUT2D eigenvalue weighted by molar-refractivity contribution is 5.69. The van der Waals surface area contributed by atoms with E-state index in [-0.39, 0.29) is 5.97 Å². The predicted molar refractivity (Wildman–Crippen MR) is 74.5 cm³/mol. The Morgan fingerprint density at radius 3 is 2.89 bits per heavy atom. The number of unbranched alkanes of at least 4 members (excludes halogenated alkanes) is 3. The zero-order chi connectivity index (χ0) is 13.2. The van der Waals surface area contributed by atoms with Gasteiger partial charge in [0.1, 0.15) is 0 Å². The van der Waals surface area contributed by atoms with Crippen LogP contribution >= 0.6 is 0 Å². The molecule has 1 aliphatic heterocycles. The molecule has 0 aromatic rings. The number of rotatable bonds is 8. The average Bonchev–Trinajstić information content (AvgIpc) is 2.39. The summed E-state index contributed by atoms with van der Waals surface area (Å²) < 4.78 is 5.29. The summed E-state index contributed by atoms with van der Waals surface area (Å²) in [7, 11) is 0. The van der Waals surface area contributed by atoms with Gasteiger partial charge < -0.3 is 10.1 Å². The van der Waals surface area contributed by atoms with E-state index in [1.807, 2.05) is 0 Å². The van der Waals surface area contributed by atoms with Gasteiger partial charge in [0.05, 0.1) is 6.61 Å². The fourth-order valence-electron chi connectivity index (χ4n) is 2.57. The van der Waals surface area contributed by atoms with Crippen molar-refractivity contribution in [3.05, 3.63) is 0 Å². The van der Waals surface area contributed by atoms with Crippen LogP contribution in [-0.2, 0) is 9.53 Å². The normalized spacial score (nSPS) is 21.6. The van der Waals surface area contributed by atoms with Gasteiger partial charge in [-0.25, -0.2) is 0 Å². The number of nitrogens with one attached hydrogen (secondary N) is 1. The molecule has 3 nitrogen and oxygen atoms in total. The monoisotopic (exact) mass is 255 g/mol. The number of carbonyl (C=O) groups excluding carboxylic acids is 1. The van der Waals surface area contributed by atoms with Gasteiger partial charge in [-0.3, -0.25) is 4.79 Å². The zero-order valence-electron chi connectivity index (χ0n) is 12.0. The number of hydrogen-bond acceptors (Lipinski definition) is 3. The van der Waals surface area contributed by atoms with Crippen molar-refractivity contribution in [3.8, 4) is 0 Å². The number of ether oxygens (including phenoxy) is 1. The molecule has 0 saturated carbocycles. The van der Waals surface area contributed by atoms with Crippen LogP contribution in [-0.4, -0.2) is 25.7 Å². The van der Waals surface area contributed by atoms with E-state index in [9.17, 15) is 4.79 Å². The lowest BCUT2D eigenvalue weighted by Crippen LogP contribution is -2.34. The van der Waals surface area contributed by atoms with Crippen LogP contribution in [0.5, 0.6) is 0 Å². The second-order valence-corrected chi connectivity index (χ2v) is 5.57. The zero-order valence-corrected chi connectivity index (χ0v) is 12.0. The summed E-state index contributed by atoms with van der Waals surface area (Å²) in [6.07, 6.45) is 7.71. The maximum Gasteiger partial charge on any atom is 0.306 e. The summed E-state index contributed by atoms with van der Waals surface area (Å²) in [6.45, 7) is 7.16. The number of piperidine rings is 1. The van der Waals surface area contributed by atoms with E-state index in [1.54, 1.807) is 0 Å². The van der Waals surface area contributed by atoms with Crippen molar-refractivity contribution in [1.82, 2.24) is 5.32 Å². The van der Waals surface area contributed by atoms with Crippen LogP contribution in [0.4, 0.5) is 0 Å². The molecule has 3 heteroatoms. The van der Waals surface area contributed by atoms with Crippen molar-refractivity contribution in [1.29, 1.82) is 0 Å². The maximum atomic E-state index is 11.7. The van der Waals surface area contributed by atoms with E-state index in [0.29, 0.717) is 24.9 Å². The molecule has 2 atom stereocenters. The molecule has 0 bridgehead atoms. The minimum absolute atomic E-state index is 0.00966. The maximum absolute atomic E-state index is 11.7. The Kier molecular flexibility index (Phi) is 8.06. The Bertz CT molecular complexity index is 225. The molecule has 0 aromatic heterocycles. The third-order valence-electron chi connectivity index (χ3n) is 3.89. The first-order valence-corrected chi connectivity index (χ1v) is 7.60. The minimum atomic E-state index is -0.00966. The van der Waals surface area contributed by atoms with Gasteiger partial charge in [-0.15, -0.1) is 0 Å². The SMILES string of the molecule is CCCCCCOC(=O)CC(C)C1CCCNC1. The Morgan fingerprint density at radius 2 is 2.22 bits per heavy atom. The van der Waals surface area contributed by atoms with E-state index < -0.39 is 0 Å². The van der Waals surface area contributed by atoms with Crippen LogP contribution in [0.2, 0.25) is 0 Å². The van der Waals surface area contributed by atoms with Crippen molar-refractivity contribution in [2.45, 2.75) is 58.8 Å². The lowest BCUT2D eigenvalue weighted by atomic mass is 9.85. The molecule has 1 saturated heterocycles. The third kappa shape index (κ3) is 6.39. The second-order valence-electron chi connectivity index (χ2n) is 5.57. The van der Waals surface area contributed by atoms with E-state index in [0.717, 1.165) is 19.5 Å². The summed E-state index contributed by atoms with van der Waals surface area (Å²) in [4.78, 5) is 11.7. The summed E-state index contributed by atoms with van der Waals surface area (Å²) in [5.74, 6) is 1.08. The molecule has 106 valence electrons. The fourth-order valence-corrected chi connectivity index (χ4v) is 2.57. The molecule has 0 amide bonds. The molecule has 1 rings (SSSR count). The van der Waals surface area contributed by atoms with Crippen LogP contribution in [0.1, 0.15) is 58.8 Å². The Labute approximate surface area is 112 Å². The smallest absolute Gasteiger partial charge is 0.306 e. The van der Waals surface area contributed by atoms with Crippen LogP contribution < -0.4 is 5.32 Å². The Morgan fingerprint density at radius 1 is 1.39 bits per heavy atom. The lowest BCUT2D eigenvalue weighted by Gasteiger charge is -2.27. The molecular weight excluding hydrogens is 226 g/mol. The first kappa shape index (κ1) is 15.5. The molecule has 0 aliphatic carbocycles. The van der Waals surface area contributed by atoms with Crippen LogP contribution in [0, 0.1) is 11.8 Å². The molecule has 0 aromatic carbocycles. The average molecular weight is 255 g/mol. The van der Waals surface area contributed by atoms with Crippen molar-refractivity contribution in [3.63, 3.8) is 0 Å². The van der Waals surface area contributed by atoms with Gasteiger partial charge in [-0.2, -0.15) is 0 Å². The standard InChI is InChI=1S/C15H29NO2/c1-3-4-5-6-10-18-15(17)11-13(2)14-8-7-9-16-12-14/h13-14,16H,3-12H2,1-2H3. The molecular formula is C15H29NO2. The summed E-state index contributed by atoms with van der Waals surface area (Å²) in [6, 6.07) is 0. The van der Waals surface area contributed by atoms with Crippen LogP contribution in [0.3, 0.4) is 0 Å². The Balaban J connectivity index is 2.07. The van der Waals surface area contributed by atoms with E-state index in [2.05, 4.69) is 19.2 Å². The largest absolute Gasteiger partial charge is 0.466 e. The van der Waals surface area contributed by atoms with Gasteiger partial charge in [0, 0.05) is 6.42 Å². The molecule has 0 spiro atoms. The predicted octanol–water partition coefficient (Wildman–Crippen LogP) is 3.14. The van der Waals surface area contributed by atoms with Crippen molar-refractivity contribution >= 4 is 5.97 Å². The van der Waals surface area contributed by atoms with E-state index >= 15 is 0 Å².